The van der Waals surface area contributed by atoms with Gasteiger partial charge in [0.2, 0.25) is 0 Å². The van der Waals surface area contributed by atoms with Crippen molar-refractivity contribution in [3.05, 3.63) is 59.7 Å². The first kappa shape index (κ1) is 12.9. The van der Waals surface area contributed by atoms with Gasteiger partial charge in [0.25, 0.3) is 0 Å². The molecule has 1 aliphatic rings. The van der Waals surface area contributed by atoms with E-state index in [-0.39, 0.29) is 0 Å². The van der Waals surface area contributed by atoms with Gasteiger partial charge in [-0.1, -0.05) is 24.3 Å². The molecule has 4 heteroatoms. The third-order valence-corrected chi connectivity index (χ3v) is 3.73. The quantitative estimate of drug-likeness (QED) is 0.832. The second-order valence-corrected chi connectivity index (χ2v) is 5.42. The Morgan fingerprint density at radius 1 is 1.05 bits per heavy atom. The number of nitrogens with two attached hydrogens (primary N) is 1. The Balaban J connectivity index is 1.76. The fourth-order valence-corrected chi connectivity index (χ4v) is 2.73. The molecule has 2 aromatic carbocycles. The number of hydrogen-bond donors (Lipinski definition) is 2. The second-order valence-electron chi connectivity index (χ2n) is 4.98. The maximum Gasteiger partial charge on any atom is 0.168 e. The van der Waals surface area contributed by atoms with Crippen molar-refractivity contribution in [2.24, 2.45) is 5.73 Å². The molecule has 20 heavy (non-hydrogen) atoms. The van der Waals surface area contributed by atoms with Crippen molar-refractivity contribution in [1.29, 1.82) is 0 Å². The third kappa shape index (κ3) is 2.75. The number of nitrogens with one attached hydrogen (secondary N) is 1. The predicted octanol–water partition coefficient (Wildman–Crippen LogP) is 2.90. The monoisotopic (exact) mass is 283 g/mol. The summed E-state index contributed by atoms with van der Waals surface area (Å²) in [6, 6.07) is 16.9. The van der Waals surface area contributed by atoms with Gasteiger partial charge >= 0.3 is 0 Å². The van der Waals surface area contributed by atoms with E-state index in [0.29, 0.717) is 5.11 Å². The van der Waals surface area contributed by atoms with Crippen LogP contribution in [0.1, 0.15) is 11.1 Å². The topological polar surface area (TPSA) is 41.3 Å². The van der Waals surface area contributed by atoms with E-state index in [2.05, 4.69) is 46.6 Å². The first-order chi connectivity index (χ1) is 9.72. The molecule has 0 aliphatic carbocycles. The summed E-state index contributed by atoms with van der Waals surface area (Å²) in [7, 11) is 0. The number of rotatable bonds is 2. The maximum absolute atomic E-state index is 5.47. The zero-order valence-corrected chi connectivity index (χ0v) is 12.0. The first-order valence-corrected chi connectivity index (χ1v) is 7.11. The highest BCUT2D eigenvalue weighted by atomic mass is 32.1. The third-order valence-electron chi connectivity index (χ3n) is 3.63. The summed E-state index contributed by atoms with van der Waals surface area (Å²) in [6.07, 6.45) is 1.10. The minimum Gasteiger partial charge on any atom is -0.376 e. The SMILES string of the molecule is NC(=S)Nc1ccc(N2CCc3ccccc3C2)cc1. The van der Waals surface area contributed by atoms with Gasteiger partial charge in [-0.15, -0.1) is 0 Å². The van der Waals surface area contributed by atoms with E-state index in [4.69, 9.17) is 18.0 Å². The minimum atomic E-state index is 0.296. The van der Waals surface area contributed by atoms with Crippen molar-refractivity contribution in [2.75, 3.05) is 16.8 Å². The van der Waals surface area contributed by atoms with Crippen molar-refractivity contribution in [2.45, 2.75) is 13.0 Å². The lowest BCUT2D eigenvalue weighted by Gasteiger charge is -2.30. The van der Waals surface area contributed by atoms with Crippen LogP contribution in [0.4, 0.5) is 11.4 Å². The first-order valence-electron chi connectivity index (χ1n) is 6.70. The molecule has 102 valence electrons. The highest BCUT2D eigenvalue weighted by Gasteiger charge is 2.15. The average molecular weight is 283 g/mol. The molecular formula is C16H17N3S. The van der Waals surface area contributed by atoms with Crippen molar-refractivity contribution < 1.29 is 0 Å². The van der Waals surface area contributed by atoms with E-state index in [1.807, 2.05) is 12.1 Å². The highest BCUT2D eigenvalue weighted by Crippen LogP contribution is 2.25. The van der Waals surface area contributed by atoms with Crippen LogP contribution in [0.5, 0.6) is 0 Å². The van der Waals surface area contributed by atoms with Crippen LogP contribution in [0.15, 0.2) is 48.5 Å². The van der Waals surface area contributed by atoms with Crippen LogP contribution in [0.3, 0.4) is 0 Å². The van der Waals surface area contributed by atoms with Gasteiger partial charge in [0, 0.05) is 24.5 Å². The van der Waals surface area contributed by atoms with Gasteiger partial charge in [0.05, 0.1) is 0 Å². The molecule has 1 aliphatic heterocycles. The maximum atomic E-state index is 5.47. The van der Waals surface area contributed by atoms with Crippen molar-refractivity contribution in [3.63, 3.8) is 0 Å². The number of hydrogen-bond acceptors (Lipinski definition) is 2. The summed E-state index contributed by atoms with van der Waals surface area (Å²) >= 11 is 4.84. The van der Waals surface area contributed by atoms with Crippen molar-refractivity contribution in [3.8, 4) is 0 Å². The van der Waals surface area contributed by atoms with Gasteiger partial charge in [-0.25, -0.2) is 0 Å². The van der Waals surface area contributed by atoms with Crippen molar-refractivity contribution >= 4 is 28.7 Å². The van der Waals surface area contributed by atoms with E-state index in [1.165, 1.54) is 16.8 Å². The molecule has 0 saturated heterocycles. The standard InChI is InChI=1S/C16H17N3S/c17-16(20)18-14-5-7-15(8-6-14)19-10-9-12-3-1-2-4-13(12)11-19/h1-8H,9-11H2,(H3,17,18,20). The molecule has 0 radical (unpaired) electrons. The van der Waals surface area contributed by atoms with Crippen molar-refractivity contribution in [1.82, 2.24) is 0 Å². The number of benzene rings is 2. The van der Waals surface area contributed by atoms with E-state index in [9.17, 15) is 0 Å². The predicted molar refractivity (Wildman–Crippen MR) is 88.0 cm³/mol. The molecular weight excluding hydrogens is 266 g/mol. The molecule has 0 spiro atoms. The molecule has 2 aromatic rings. The Labute approximate surface area is 124 Å². The van der Waals surface area contributed by atoms with E-state index in [1.54, 1.807) is 0 Å². The lowest BCUT2D eigenvalue weighted by atomic mass is 9.99. The summed E-state index contributed by atoms with van der Waals surface area (Å²) in [5.41, 5.74) is 10.5. The average Bonchev–Trinajstić information content (AvgIpc) is 2.47. The molecule has 0 amide bonds. The van der Waals surface area contributed by atoms with Crippen LogP contribution in [0.25, 0.3) is 0 Å². The molecule has 3 N–H and O–H groups in total. The van der Waals surface area contributed by atoms with Gasteiger partial charge in [0.15, 0.2) is 5.11 Å². The van der Waals surface area contributed by atoms with Crippen LogP contribution in [-0.2, 0) is 13.0 Å². The summed E-state index contributed by atoms with van der Waals surface area (Å²) < 4.78 is 0. The van der Waals surface area contributed by atoms with Crippen LogP contribution >= 0.6 is 12.2 Å². The molecule has 0 saturated carbocycles. The minimum absolute atomic E-state index is 0.296. The highest BCUT2D eigenvalue weighted by molar-refractivity contribution is 7.80. The Hall–Kier alpha value is -2.07. The molecule has 3 nitrogen and oxygen atoms in total. The summed E-state index contributed by atoms with van der Waals surface area (Å²) in [5.74, 6) is 0. The Morgan fingerprint density at radius 3 is 2.45 bits per heavy atom. The number of fused-ring (bicyclic) bond motifs is 1. The van der Waals surface area contributed by atoms with Gasteiger partial charge < -0.3 is 16.0 Å². The van der Waals surface area contributed by atoms with Crippen LogP contribution < -0.4 is 16.0 Å². The van der Waals surface area contributed by atoms with Crippen LogP contribution in [0, 0.1) is 0 Å². The lowest BCUT2D eigenvalue weighted by molar-refractivity contribution is 0.732. The number of anilines is 2. The smallest absolute Gasteiger partial charge is 0.168 e. The largest absolute Gasteiger partial charge is 0.376 e. The summed E-state index contributed by atoms with van der Waals surface area (Å²) in [6.45, 7) is 2.03. The lowest BCUT2D eigenvalue weighted by Crippen LogP contribution is -2.30. The zero-order valence-electron chi connectivity index (χ0n) is 11.2. The Morgan fingerprint density at radius 2 is 1.75 bits per heavy atom. The molecule has 0 aromatic heterocycles. The van der Waals surface area contributed by atoms with Gasteiger partial charge in [-0.3, -0.25) is 0 Å². The molecule has 0 bridgehead atoms. The summed E-state index contributed by atoms with van der Waals surface area (Å²) in [4.78, 5) is 2.40. The van der Waals surface area contributed by atoms with Gasteiger partial charge in [-0.2, -0.15) is 0 Å². The molecule has 0 fully saturated rings. The second kappa shape index (κ2) is 5.51. The molecule has 0 atom stereocenters. The van der Waals surface area contributed by atoms with Gasteiger partial charge in [-0.05, 0) is 54.0 Å². The molecule has 3 rings (SSSR count). The van der Waals surface area contributed by atoms with E-state index in [0.717, 1.165) is 25.2 Å². The normalized spacial score (nSPS) is 13.7. The van der Waals surface area contributed by atoms with Crippen LogP contribution in [0.2, 0.25) is 0 Å². The molecule has 1 heterocycles. The number of nitrogens with zero attached hydrogens (tertiary/aromatic N) is 1. The molecule has 0 unspecified atom stereocenters. The van der Waals surface area contributed by atoms with Crippen LogP contribution in [-0.4, -0.2) is 11.7 Å². The summed E-state index contributed by atoms with van der Waals surface area (Å²) in [5, 5.41) is 3.24. The van der Waals surface area contributed by atoms with E-state index < -0.39 is 0 Å². The fourth-order valence-electron chi connectivity index (χ4n) is 2.61. The van der Waals surface area contributed by atoms with E-state index >= 15 is 0 Å². The Bertz CT molecular complexity index is 622. The van der Waals surface area contributed by atoms with Gasteiger partial charge in [0.1, 0.15) is 0 Å². The number of thiocarbonyl (C=S) groups is 1. The zero-order chi connectivity index (χ0) is 13.9. The fraction of sp³-hybridized carbons (Fsp3) is 0.188. The Kier molecular flexibility index (Phi) is 3.56.